The monoisotopic (exact) mass is 337 g/mol. The van der Waals surface area contributed by atoms with Gasteiger partial charge in [-0.25, -0.2) is 0 Å². The van der Waals surface area contributed by atoms with Crippen LogP contribution in [0.15, 0.2) is 36.4 Å². The molecule has 0 bridgehead atoms. The number of rotatable bonds is 5. The van der Waals surface area contributed by atoms with E-state index < -0.39 is 0 Å². The van der Waals surface area contributed by atoms with E-state index in [1.165, 1.54) is 0 Å². The van der Waals surface area contributed by atoms with E-state index in [0.29, 0.717) is 18.7 Å². The number of carbonyl (C=O) groups excluding carboxylic acids is 1. The maximum atomic E-state index is 12.4. The van der Waals surface area contributed by atoms with Crippen LogP contribution in [0.5, 0.6) is 0 Å². The molecule has 130 valence electrons. The van der Waals surface area contributed by atoms with Gasteiger partial charge in [-0.05, 0) is 50.6 Å². The van der Waals surface area contributed by atoms with Crippen molar-refractivity contribution in [2.45, 2.75) is 33.9 Å². The van der Waals surface area contributed by atoms with E-state index >= 15 is 0 Å². The van der Waals surface area contributed by atoms with Crippen molar-refractivity contribution in [2.24, 2.45) is 7.05 Å². The molecule has 25 heavy (non-hydrogen) atoms. The summed E-state index contributed by atoms with van der Waals surface area (Å²) in [6.45, 7) is 7.06. The van der Waals surface area contributed by atoms with E-state index in [9.17, 15) is 4.79 Å². The van der Waals surface area contributed by atoms with E-state index in [-0.39, 0.29) is 5.91 Å². The molecule has 1 aromatic carbocycles. The summed E-state index contributed by atoms with van der Waals surface area (Å²) in [7, 11) is 1.88. The lowest BCUT2D eigenvalue weighted by Gasteiger charge is -2.08. The largest absolute Gasteiger partial charge is 0.346 e. The lowest BCUT2D eigenvalue weighted by molar-refractivity contribution is 0.0950. The molecular weight excluding hydrogens is 314 g/mol. The van der Waals surface area contributed by atoms with Crippen molar-refractivity contribution in [1.29, 1.82) is 0 Å². The highest BCUT2D eigenvalue weighted by Gasteiger charge is 2.09. The third kappa shape index (κ3) is 3.96. The molecule has 3 rings (SSSR count). The van der Waals surface area contributed by atoms with Crippen LogP contribution in [0.25, 0.3) is 0 Å². The third-order valence-corrected chi connectivity index (χ3v) is 4.15. The molecule has 1 N–H and O–H groups in total. The van der Waals surface area contributed by atoms with Gasteiger partial charge in [-0.2, -0.15) is 10.2 Å². The van der Waals surface area contributed by atoms with Crippen LogP contribution in [-0.4, -0.2) is 25.5 Å². The van der Waals surface area contributed by atoms with E-state index in [2.05, 4.69) is 15.5 Å². The van der Waals surface area contributed by atoms with Gasteiger partial charge in [0.1, 0.15) is 0 Å². The topological polar surface area (TPSA) is 64.7 Å². The minimum atomic E-state index is -0.0888. The first-order valence-electron chi connectivity index (χ1n) is 8.30. The van der Waals surface area contributed by atoms with Crippen LogP contribution in [0.1, 0.15) is 38.7 Å². The smallest absolute Gasteiger partial charge is 0.251 e. The lowest BCUT2D eigenvalue weighted by Crippen LogP contribution is -2.24. The molecule has 6 heteroatoms. The van der Waals surface area contributed by atoms with Crippen molar-refractivity contribution >= 4 is 5.91 Å². The van der Waals surface area contributed by atoms with Crippen molar-refractivity contribution in [3.8, 4) is 0 Å². The fourth-order valence-electron chi connectivity index (χ4n) is 2.92. The molecule has 0 aliphatic rings. The number of hydrogen-bond acceptors (Lipinski definition) is 3. The quantitative estimate of drug-likeness (QED) is 0.778. The second-order valence-electron chi connectivity index (χ2n) is 6.37. The van der Waals surface area contributed by atoms with E-state index in [0.717, 1.165) is 28.3 Å². The van der Waals surface area contributed by atoms with Crippen molar-refractivity contribution in [3.05, 3.63) is 70.3 Å². The molecule has 0 fully saturated rings. The SMILES string of the molecule is Cc1cc(CNC(=O)c2cccc(Cn3nc(C)cc3C)c2)n(C)n1. The summed E-state index contributed by atoms with van der Waals surface area (Å²) in [5.41, 5.74) is 5.73. The number of amides is 1. The number of carbonyl (C=O) groups is 1. The van der Waals surface area contributed by atoms with E-state index in [1.807, 2.05) is 68.9 Å². The van der Waals surface area contributed by atoms with Crippen molar-refractivity contribution in [2.75, 3.05) is 0 Å². The standard InChI is InChI=1S/C19H23N5O/c1-13-8-15(3)24(22-13)12-16-6-5-7-17(10-16)19(25)20-11-18-9-14(2)21-23(18)4/h5-10H,11-12H2,1-4H3,(H,20,25). The summed E-state index contributed by atoms with van der Waals surface area (Å²) in [4.78, 5) is 12.4. The zero-order valence-electron chi connectivity index (χ0n) is 15.1. The summed E-state index contributed by atoms with van der Waals surface area (Å²) >= 11 is 0. The van der Waals surface area contributed by atoms with Gasteiger partial charge in [-0.15, -0.1) is 0 Å². The predicted molar refractivity (Wildman–Crippen MR) is 96.4 cm³/mol. The highest BCUT2D eigenvalue weighted by Crippen LogP contribution is 2.10. The average molecular weight is 337 g/mol. The molecular formula is C19H23N5O. The van der Waals surface area contributed by atoms with Gasteiger partial charge in [0.2, 0.25) is 0 Å². The fourth-order valence-corrected chi connectivity index (χ4v) is 2.92. The minimum Gasteiger partial charge on any atom is -0.346 e. The van der Waals surface area contributed by atoms with Gasteiger partial charge in [-0.1, -0.05) is 12.1 Å². The summed E-state index contributed by atoms with van der Waals surface area (Å²) in [5.74, 6) is -0.0888. The molecule has 0 spiro atoms. The molecule has 2 aromatic heterocycles. The summed E-state index contributed by atoms with van der Waals surface area (Å²) in [6.07, 6.45) is 0. The normalized spacial score (nSPS) is 10.9. The third-order valence-electron chi connectivity index (χ3n) is 4.15. The van der Waals surface area contributed by atoms with Crippen LogP contribution in [0.3, 0.4) is 0 Å². The lowest BCUT2D eigenvalue weighted by atomic mass is 10.1. The van der Waals surface area contributed by atoms with Gasteiger partial charge in [0.25, 0.3) is 5.91 Å². The molecule has 0 unspecified atom stereocenters. The molecule has 0 aliphatic carbocycles. The highest BCUT2D eigenvalue weighted by atomic mass is 16.1. The Hall–Kier alpha value is -2.89. The van der Waals surface area contributed by atoms with Crippen LogP contribution in [0.4, 0.5) is 0 Å². The number of nitrogens with one attached hydrogen (secondary N) is 1. The Balaban J connectivity index is 1.69. The molecule has 6 nitrogen and oxygen atoms in total. The van der Waals surface area contributed by atoms with Crippen molar-refractivity contribution < 1.29 is 4.79 Å². The van der Waals surface area contributed by atoms with Gasteiger partial charge >= 0.3 is 0 Å². The van der Waals surface area contributed by atoms with Crippen LogP contribution in [0.2, 0.25) is 0 Å². The van der Waals surface area contributed by atoms with Gasteiger partial charge < -0.3 is 5.32 Å². The Bertz CT molecular complexity index is 906. The summed E-state index contributed by atoms with van der Waals surface area (Å²) < 4.78 is 3.74. The van der Waals surface area contributed by atoms with Crippen LogP contribution >= 0.6 is 0 Å². The molecule has 0 saturated heterocycles. The van der Waals surface area contributed by atoms with Crippen molar-refractivity contribution in [1.82, 2.24) is 24.9 Å². The first-order valence-corrected chi connectivity index (χ1v) is 8.30. The van der Waals surface area contributed by atoms with E-state index in [4.69, 9.17) is 0 Å². The maximum Gasteiger partial charge on any atom is 0.251 e. The van der Waals surface area contributed by atoms with Gasteiger partial charge in [0, 0.05) is 18.3 Å². The first kappa shape index (κ1) is 17.0. The molecule has 0 saturated carbocycles. The molecule has 0 aliphatic heterocycles. The molecule has 3 aromatic rings. The Kier molecular flexibility index (Phi) is 4.70. The molecule has 2 heterocycles. The minimum absolute atomic E-state index is 0.0888. The Morgan fingerprint density at radius 1 is 1.08 bits per heavy atom. The number of nitrogens with zero attached hydrogens (tertiary/aromatic N) is 4. The van der Waals surface area contributed by atoms with Gasteiger partial charge in [0.15, 0.2) is 0 Å². The second-order valence-corrected chi connectivity index (χ2v) is 6.37. The molecule has 1 amide bonds. The Morgan fingerprint density at radius 3 is 2.48 bits per heavy atom. The number of aryl methyl sites for hydroxylation is 4. The average Bonchev–Trinajstić information content (AvgIpc) is 3.05. The Labute approximate surface area is 147 Å². The summed E-state index contributed by atoms with van der Waals surface area (Å²) in [5, 5.41) is 11.7. The number of hydrogen-bond donors (Lipinski definition) is 1. The molecule has 0 radical (unpaired) electrons. The van der Waals surface area contributed by atoms with Crippen molar-refractivity contribution in [3.63, 3.8) is 0 Å². The predicted octanol–water partition coefficient (Wildman–Crippen LogP) is 2.52. The zero-order chi connectivity index (χ0) is 18.0. The van der Waals surface area contributed by atoms with Crippen LogP contribution < -0.4 is 5.32 Å². The second kappa shape index (κ2) is 6.93. The zero-order valence-corrected chi connectivity index (χ0v) is 15.1. The summed E-state index contributed by atoms with van der Waals surface area (Å²) in [6, 6.07) is 11.7. The maximum absolute atomic E-state index is 12.4. The first-order chi connectivity index (χ1) is 11.9. The van der Waals surface area contributed by atoms with Gasteiger partial charge in [-0.3, -0.25) is 14.2 Å². The Morgan fingerprint density at radius 2 is 1.84 bits per heavy atom. The van der Waals surface area contributed by atoms with Gasteiger partial charge in [0.05, 0.1) is 30.2 Å². The highest BCUT2D eigenvalue weighted by molar-refractivity contribution is 5.94. The number of benzene rings is 1. The molecule has 0 atom stereocenters. The fraction of sp³-hybridized carbons (Fsp3) is 0.316. The van der Waals surface area contributed by atoms with Crippen LogP contribution in [0, 0.1) is 20.8 Å². The number of aromatic nitrogens is 4. The van der Waals surface area contributed by atoms with E-state index in [1.54, 1.807) is 4.68 Å². The van der Waals surface area contributed by atoms with Crippen LogP contribution in [-0.2, 0) is 20.1 Å².